The Morgan fingerprint density at radius 1 is 1.17 bits per heavy atom. The van der Waals surface area contributed by atoms with Crippen LogP contribution in [0.2, 0.25) is 0 Å². The fourth-order valence-electron chi connectivity index (χ4n) is 3.93. The number of alkyl halides is 2. The maximum atomic E-state index is 14.4. The minimum Gasteiger partial charge on any atom is -0.335 e. The number of nitrogens with zero attached hydrogens (tertiary/aromatic N) is 3. The third kappa shape index (κ3) is 5.09. The van der Waals surface area contributed by atoms with Crippen molar-refractivity contribution < 1.29 is 32.6 Å². The highest BCUT2D eigenvalue weighted by Gasteiger charge is 2.53. The molecule has 1 aromatic heterocycles. The van der Waals surface area contributed by atoms with Gasteiger partial charge >= 0.3 is 12.0 Å². The molecule has 0 saturated carbocycles. The maximum absolute atomic E-state index is 14.4. The van der Waals surface area contributed by atoms with Crippen molar-refractivity contribution in [2.45, 2.75) is 19.0 Å². The molecule has 0 atom stereocenters. The van der Waals surface area contributed by atoms with E-state index in [9.17, 15) is 27.7 Å². The minimum absolute atomic E-state index is 0.0138. The monoisotopic (exact) mass is 486 g/mol. The van der Waals surface area contributed by atoms with Gasteiger partial charge in [-0.3, -0.25) is 9.59 Å². The average molecular weight is 486 g/mol. The van der Waals surface area contributed by atoms with Crippen LogP contribution in [0.3, 0.4) is 0 Å². The molecular weight excluding hydrogens is 465 g/mol. The van der Waals surface area contributed by atoms with Crippen LogP contribution in [0.25, 0.3) is 11.6 Å². The van der Waals surface area contributed by atoms with E-state index in [2.05, 4.69) is 15.2 Å². The molecule has 1 aromatic carbocycles. The summed E-state index contributed by atoms with van der Waals surface area (Å²) in [6.07, 6.45) is 6.74. The molecular formula is C24H21F3N4O4. The number of fused-ring (bicyclic) bond motifs is 1. The van der Waals surface area contributed by atoms with Gasteiger partial charge in [0.05, 0.1) is 6.54 Å². The Morgan fingerprint density at radius 2 is 1.94 bits per heavy atom. The number of aromatic nitrogens is 1. The van der Waals surface area contributed by atoms with Crippen molar-refractivity contribution in [3.05, 3.63) is 71.4 Å². The van der Waals surface area contributed by atoms with Gasteiger partial charge in [0.1, 0.15) is 5.82 Å². The largest absolute Gasteiger partial charge is 0.440 e. The van der Waals surface area contributed by atoms with Gasteiger partial charge < -0.3 is 10.2 Å². The van der Waals surface area contributed by atoms with Crippen LogP contribution in [-0.2, 0) is 25.9 Å². The Balaban J connectivity index is 1.49. The van der Waals surface area contributed by atoms with Gasteiger partial charge in [-0.2, -0.15) is 8.78 Å². The van der Waals surface area contributed by atoms with E-state index in [0.717, 1.165) is 12.0 Å². The second-order valence-corrected chi connectivity index (χ2v) is 7.95. The van der Waals surface area contributed by atoms with Crippen LogP contribution in [0.1, 0.15) is 23.1 Å². The molecule has 3 heterocycles. The Hall–Kier alpha value is -3.99. The predicted molar refractivity (Wildman–Crippen MR) is 120 cm³/mol. The highest BCUT2D eigenvalue weighted by atomic mass is 19.3. The SMILES string of the molecule is O=C(/C=C/c1cnc2c(c1)CNCC(=O)N2C(F)(F)C(=O)OF)N1CC=C(c2ccccc2)CC1. The van der Waals surface area contributed by atoms with E-state index in [1.165, 1.54) is 30.0 Å². The zero-order valence-corrected chi connectivity index (χ0v) is 18.4. The van der Waals surface area contributed by atoms with Gasteiger partial charge in [-0.05, 0) is 35.3 Å². The molecule has 2 aromatic rings. The van der Waals surface area contributed by atoms with E-state index < -0.39 is 30.3 Å². The van der Waals surface area contributed by atoms with Crippen molar-refractivity contribution in [2.24, 2.45) is 0 Å². The Kier molecular flexibility index (Phi) is 6.97. The summed E-state index contributed by atoms with van der Waals surface area (Å²) in [6, 6.07) is 6.77. The second kappa shape index (κ2) is 10.1. The van der Waals surface area contributed by atoms with Crippen LogP contribution in [0.15, 0.2) is 54.7 Å². The molecule has 0 unspecified atom stereocenters. The highest BCUT2D eigenvalue weighted by Crippen LogP contribution is 2.32. The number of carbonyl (C=O) groups is 3. The number of hydrogen-bond donors (Lipinski definition) is 1. The zero-order chi connectivity index (χ0) is 25.0. The molecule has 4 rings (SSSR count). The molecule has 2 aliphatic rings. The first-order chi connectivity index (χ1) is 16.8. The van der Waals surface area contributed by atoms with E-state index in [1.54, 1.807) is 4.90 Å². The first-order valence-corrected chi connectivity index (χ1v) is 10.8. The Morgan fingerprint density at radius 3 is 2.63 bits per heavy atom. The van der Waals surface area contributed by atoms with Crippen molar-refractivity contribution in [3.63, 3.8) is 0 Å². The van der Waals surface area contributed by atoms with Crippen LogP contribution in [0.4, 0.5) is 19.1 Å². The average Bonchev–Trinajstić information content (AvgIpc) is 3.05. The molecule has 11 heteroatoms. The fraction of sp³-hybridized carbons (Fsp3) is 0.250. The summed E-state index contributed by atoms with van der Waals surface area (Å²) >= 11 is 0. The van der Waals surface area contributed by atoms with E-state index in [-0.39, 0.29) is 22.9 Å². The number of anilines is 1. The van der Waals surface area contributed by atoms with Crippen molar-refractivity contribution in [3.8, 4) is 0 Å². The lowest BCUT2D eigenvalue weighted by Crippen LogP contribution is -2.53. The molecule has 0 aliphatic carbocycles. The van der Waals surface area contributed by atoms with E-state index >= 15 is 0 Å². The summed E-state index contributed by atoms with van der Waals surface area (Å²) in [4.78, 5) is 44.1. The van der Waals surface area contributed by atoms with Gasteiger partial charge in [-0.15, -0.1) is 0 Å². The Bertz CT molecular complexity index is 1200. The van der Waals surface area contributed by atoms with E-state index in [4.69, 9.17) is 0 Å². The van der Waals surface area contributed by atoms with Crippen LogP contribution in [0, 0.1) is 0 Å². The number of nitrogens with one attached hydrogen (secondary N) is 1. The first-order valence-electron chi connectivity index (χ1n) is 10.8. The van der Waals surface area contributed by atoms with E-state index in [1.807, 2.05) is 36.4 Å². The second-order valence-electron chi connectivity index (χ2n) is 7.95. The lowest BCUT2D eigenvalue weighted by atomic mass is 9.99. The number of hydrogen-bond acceptors (Lipinski definition) is 6. The molecule has 0 spiro atoms. The topological polar surface area (TPSA) is 91.8 Å². The van der Waals surface area contributed by atoms with Crippen LogP contribution in [0.5, 0.6) is 0 Å². The zero-order valence-electron chi connectivity index (χ0n) is 18.4. The fourth-order valence-corrected chi connectivity index (χ4v) is 3.93. The smallest absolute Gasteiger partial charge is 0.335 e. The first kappa shape index (κ1) is 24.1. The predicted octanol–water partition coefficient (Wildman–Crippen LogP) is 2.87. The van der Waals surface area contributed by atoms with Gasteiger partial charge in [0.25, 0.3) is 0 Å². The molecule has 0 radical (unpaired) electrons. The van der Waals surface area contributed by atoms with Gasteiger partial charge in [-0.1, -0.05) is 36.4 Å². The molecule has 0 bridgehead atoms. The maximum Gasteiger partial charge on any atom is 0.440 e. The summed E-state index contributed by atoms with van der Waals surface area (Å²) in [6.45, 7) is 0.465. The van der Waals surface area contributed by atoms with Crippen LogP contribution < -0.4 is 10.2 Å². The van der Waals surface area contributed by atoms with Crippen molar-refractivity contribution >= 4 is 35.3 Å². The molecule has 2 amide bonds. The van der Waals surface area contributed by atoms with Gasteiger partial charge in [-0.25, -0.2) is 19.6 Å². The molecule has 1 N–H and O–H groups in total. The van der Waals surface area contributed by atoms with Crippen molar-refractivity contribution in [1.82, 2.24) is 15.2 Å². The molecule has 8 nitrogen and oxygen atoms in total. The molecule has 0 fully saturated rings. The van der Waals surface area contributed by atoms with E-state index in [0.29, 0.717) is 18.7 Å². The summed E-state index contributed by atoms with van der Waals surface area (Å²) in [5.74, 6) is -4.44. The number of carbonyl (C=O) groups excluding carboxylic acids is 3. The standard InChI is InChI=1S/C24H21F3N4O4/c25-24(26,23(34)35-27)31-21(33)15-28-14-19-12-16(13-29-22(19)31)6-7-20(32)30-10-8-18(9-11-30)17-4-2-1-3-5-17/h1-8,12-13,28H,9-11,14-15H2/b7-6+. The Labute approximate surface area is 198 Å². The molecule has 0 saturated heterocycles. The third-order valence-electron chi connectivity index (χ3n) is 5.70. The van der Waals surface area contributed by atoms with Gasteiger partial charge in [0, 0.05) is 42.0 Å². The lowest BCUT2D eigenvalue weighted by Gasteiger charge is -2.27. The number of halogens is 3. The summed E-state index contributed by atoms with van der Waals surface area (Å²) < 4.78 is 40.9. The molecule has 182 valence electrons. The molecule has 35 heavy (non-hydrogen) atoms. The van der Waals surface area contributed by atoms with Crippen LogP contribution >= 0.6 is 0 Å². The quantitative estimate of drug-likeness (QED) is 0.516. The number of rotatable bonds is 5. The summed E-state index contributed by atoms with van der Waals surface area (Å²) in [7, 11) is 0. The number of amides is 2. The van der Waals surface area contributed by atoms with Crippen LogP contribution in [-0.4, -0.2) is 53.3 Å². The minimum atomic E-state index is -4.59. The van der Waals surface area contributed by atoms with Gasteiger partial charge in [0.2, 0.25) is 11.8 Å². The number of pyridine rings is 1. The normalized spacial score (nSPS) is 16.5. The third-order valence-corrected chi connectivity index (χ3v) is 5.70. The van der Waals surface area contributed by atoms with Gasteiger partial charge in [0.15, 0.2) is 0 Å². The number of benzene rings is 1. The summed E-state index contributed by atoms with van der Waals surface area (Å²) in [5.41, 5.74) is 2.87. The lowest BCUT2D eigenvalue weighted by molar-refractivity contribution is -0.211. The summed E-state index contributed by atoms with van der Waals surface area (Å²) in [5, 5.41) is 2.66. The van der Waals surface area contributed by atoms with Crippen molar-refractivity contribution in [1.29, 1.82) is 0 Å². The van der Waals surface area contributed by atoms with Crippen molar-refractivity contribution in [2.75, 3.05) is 24.5 Å². The molecule has 2 aliphatic heterocycles. The highest BCUT2D eigenvalue weighted by molar-refractivity contribution is 6.01.